The molecule has 0 aliphatic carbocycles. The number of hydrogen-bond acceptors (Lipinski definition) is 1. The molecule has 0 spiro atoms. The van der Waals surface area contributed by atoms with Crippen molar-refractivity contribution in [2.24, 2.45) is 0 Å². The lowest BCUT2D eigenvalue weighted by Crippen LogP contribution is -1.89. The molecule has 1 rings (SSSR count). The Bertz CT molecular complexity index is 233. The number of rotatable bonds is 1. The molecule has 0 amide bonds. The molecule has 2 N–H and O–H groups in total. The standard InChI is InChI=1S/C8H10BrN/c1-6-4-7(5-9)2-3-8(6)10/h2-4H,5,10H2,1H3. The van der Waals surface area contributed by atoms with Crippen LogP contribution in [0.15, 0.2) is 18.2 Å². The number of halogens is 1. The SMILES string of the molecule is Cc1cc(CBr)ccc1N. The molecular formula is C8H10BrN. The van der Waals surface area contributed by atoms with Gasteiger partial charge in [-0.2, -0.15) is 0 Å². The minimum Gasteiger partial charge on any atom is -0.399 e. The fourth-order valence-electron chi connectivity index (χ4n) is 0.821. The molecule has 0 aliphatic rings. The minimum absolute atomic E-state index is 0.865. The van der Waals surface area contributed by atoms with Gasteiger partial charge in [-0.15, -0.1) is 0 Å². The zero-order valence-corrected chi connectivity index (χ0v) is 7.48. The van der Waals surface area contributed by atoms with E-state index in [9.17, 15) is 0 Å². The van der Waals surface area contributed by atoms with Gasteiger partial charge in [0.2, 0.25) is 0 Å². The van der Waals surface area contributed by atoms with Crippen molar-refractivity contribution >= 4 is 21.6 Å². The van der Waals surface area contributed by atoms with Crippen molar-refractivity contribution in [1.82, 2.24) is 0 Å². The highest BCUT2D eigenvalue weighted by molar-refractivity contribution is 9.08. The highest BCUT2D eigenvalue weighted by atomic mass is 79.9. The number of nitrogens with two attached hydrogens (primary N) is 1. The van der Waals surface area contributed by atoms with Gasteiger partial charge >= 0.3 is 0 Å². The molecule has 0 unspecified atom stereocenters. The topological polar surface area (TPSA) is 26.0 Å². The Hall–Kier alpha value is -0.500. The average molecular weight is 200 g/mol. The maximum Gasteiger partial charge on any atom is 0.0343 e. The fourth-order valence-corrected chi connectivity index (χ4v) is 1.17. The normalized spacial score (nSPS) is 9.80. The third kappa shape index (κ3) is 1.51. The van der Waals surface area contributed by atoms with Crippen molar-refractivity contribution in [3.63, 3.8) is 0 Å². The summed E-state index contributed by atoms with van der Waals surface area (Å²) in [5.41, 5.74) is 8.91. The molecule has 0 aliphatic heterocycles. The second-order valence-electron chi connectivity index (χ2n) is 2.32. The van der Waals surface area contributed by atoms with Crippen LogP contribution in [0.2, 0.25) is 0 Å². The summed E-state index contributed by atoms with van der Waals surface area (Å²) in [5.74, 6) is 0. The molecule has 10 heavy (non-hydrogen) atoms. The maximum atomic E-state index is 5.63. The fraction of sp³-hybridized carbons (Fsp3) is 0.250. The van der Waals surface area contributed by atoms with Crippen LogP contribution in [0.4, 0.5) is 5.69 Å². The average Bonchev–Trinajstić information content (AvgIpc) is 1.95. The van der Waals surface area contributed by atoms with Gasteiger partial charge in [-0.3, -0.25) is 0 Å². The summed E-state index contributed by atoms with van der Waals surface area (Å²) in [6.07, 6.45) is 0. The van der Waals surface area contributed by atoms with E-state index in [0.717, 1.165) is 16.6 Å². The Morgan fingerprint density at radius 2 is 2.20 bits per heavy atom. The van der Waals surface area contributed by atoms with Crippen LogP contribution in [-0.4, -0.2) is 0 Å². The zero-order chi connectivity index (χ0) is 7.56. The molecule has 1 nitrogen and oxygen atoms in total. The molecule has 0 saturated carbocycles. The van der Waals surface area contributed by atoms with Gasteiger partial charge in [-0.1, -0.05) is 28.1 Å². The van der Waals surface area contributed by atoms with Gasteiger partial charge in [0.25, 0.3) is 0 Å². The second-order valence-corrected chi connectivity index (χ2v) is 2.89. The number of benzene rings is 1. The number of aryl methyl sites for hydroxylation is 1. The van der Waals surface area contributed by atoms with E-state index in [1.165, 1.54) is 5.56 Å². The molecule has 1 aromatic rings. The van der Waals surface area contributed by atoms with Crippen LogP contribution in [0, 0.1) is 6.92 Å². The van der Waals surface area contributed by atoms with Crippen molar-refractivity contribution in [2.75, 3.05) is 5.73 Å². The lowest BCUT2D eigenvalue weighted by molar-refractivity contribution is 1.37. The van der Waals surface area contributed by atoms with E-state index in [2.05, 4.69) is 22.0 Å². The van der Waals surface area contributed by atoms with E-state index in [-0.39, 0.29) is 0 Å². The highest BCUT2D eigenvalue weighted by Gasteiger charge is 1.93. The first kappa shape index (κ1) is 7.61. The molecule has 2 heteroatoms. The third-order valence-corrected chi connectivity index (χ3v) is 2.14. The van der Waals surface area contributed by atoms with Gasteiger partial charge in [0, 0.05) is 11.0 Å². The molecule has 0 aromatic heterocycles. The summed E-state index contributed by atoms with van der Waals surface area (Å²) in [6.45, 7) is 2.02. The minimum atomic E-state index is 0.865. The lowest BCUT2D eigenvalue weighted by Gasteiger charge is -2.00. The Morgan fingerprint density at radius 1 is 1.50 bits per heavy atom. The molecule has 54 valence electrons. The molecule has 0 fully saturated rings. The Balaban J connectivity index is 3.04. The number of hydrogen-bond donors (Lipinski definition) is 1. The first-order valence-corrected chi connectivity index (χ1v) is 4.27. The van der Waals surface area contributed by atoms with E-state index in [0.29, 0.717) is 0 Å². The maximum absolute atomic E-state index is 5.63. The first-order valence-electron chi connectivity index (χ1n) is 3.15. The van der Waals surface area contributed by atoms with Gasteiger partial charge in [0.1, 0.15) is 0 Å². The van der Waals surface area contributed by atoms with E-state index >= 15 is 0 Å². The third-order valence-electron chi connectivity index (χ3n) is 1.49. The number of nitrogen functional groups attached to an aromatic ring is 1. The van der Waals surface area contributed by atoms with Crippen LogP contribution in [0.1, 0.15) is 11.1 Å². The van der Waals surface area contributed by atoms with Crippen LogP contribution >= 0.6 is 15.9 Å². The van der Waals surface area contributed by atoms with Crippen LogP contribution < -0.4 is 5.73 Å². The Kier molecular flexibility index (Phi) is 2.33. The first-order chi connectivity index (χ1) is 4.74. The molecule has 0 radical (unpaired) electrons. The highest BCUT2D eigenvalue weighted by Crippen LogP contribution is 2.14. The number of anilines is 1. The summed E-state index contributed by atoms with van der Waals surface area (Å²) in [7, 11) is 0. The van der Waals surface area contributed by atoms with E-state index < -0.39 is 0 Å². The quantitative estimate of drug-likeness (QED) is 0.546. The lowest BCUT2D eigenvalue weighted by atomic mass is 10.1. The summed E-state index contributed by atoms with van der Waals surface area (Å²) in [6, 6.07) is 6.05. The van der Waals surface area contributed by atoms with E-state index in [1.54, 1.807) is 0 Å². The summed E-state index contributed by atoms with van der Waals surface area (Å²) >= 11 is 3.38. The largest absolute Gasteiger partial charge is 0.399 e. The van der Waals surface area contributed by atoms with Crippen molar-refractivity contribution in [3.05, 3.63) is 29.3 Å². The second kappa shape index (κ2) is 3.06. The van der Waals surface area contributed by atoms with E-state index in [4.69, 9.17) is 5.73 Å². The van der Waals surface area contributed by atoms with E-state index in [1.807, 2.05) is 19.1 Å². The van der Waals surface area contributed by atoms with Crippen molar-refractivity contribution in [2.45, 2.75) is 12.3 Å². The van der Waals surface area contributed by atoms with Crippen LogP contribution in [-0.2, 0) is 5.33 Å². The smallest absolute Gasteiger partial charge is 0.0343 e. The Labute approximate surface area is 69.4 Å². The number of alkyl halides is 1. The summed E-state index contributed by atoms with van der Waals surface area (Å²) < 4.78 is 0. The van der Waals surface area contributed by atoms with Gasteiger partial charge in [0.15, 0.2) is 0 Å². The predicted molar refractivity (Wildman–Crippen MR) is 48.2 cm³/mol. The van der Waals surface area contributed by atoms with Gasteiger partial charge < -0.3 is 5.73 Å². The molecule has 0 saturated heterocycles. The monoisotopic (exact) mass is 199 g/mol. The van der Waals surface area contributed by atoms with Crippen molar-refractivity contribution < 1.29 is 0 Å². The van der Waals surface area contributed by atoms with Gasteiger partial charge in [0.05, 0.1) is 0 Å². The van der Waals surface area contributed by atoms with Crippen LogP contribution in [0.5, 0.6) is 0 Å². The summed E-state index contributed by atoms with van der Waals surface area (Å²) in [5, 5.41) is 0.897. The summed E-state index contributed by atoms with van der Waals surface area (Å²) in [4.78, 5) is 0. The van der Waals surface area contributed by atoms with Gasteiger partial charge in [-0.05, 0) is 24.1 Å². The molecule has 1 aromatic carbocycles. The molecule has 0 heterocycles. The van der Waals surface area contributed by atoms with Crippen LogP contribution in [0.25, 0.3) is 0 Å². The van der Waals surface area contributed by atoms with Crippen molar-refractivity contribution in [3.8, 4) is 0 Å². The molecular weight excluding hydrogens is 190 g/mol. The molecule has 0 atom stereocenters. The van der Waals surface area contributed by atoms with Crippen molar-refractivity contribution in [1.29, 1.82) is 0 Å². The molecule has 0 bridgehead atoms. The zero-order valence-electron chi connectivity index (χ0n) is 5.89. The Morgan fingerprint density at radius 3 is 2.70 bits per heavy atom. The van der Waals surface area contributed by atoms with Gasteiger partial charge in [-0.25, -0.2) is 0 Å². The predicted octanol–water partition coefficient (Wildman–Crippen LogP) is 2.47. The van der Waals surface area contributed by atoms with Crippen LogP contribution in [0.3, 0.4) is 0 Å².